The molecule has 1 aliphatic rings. The summed E-state index contributed by atoms with van der Waals surface area (Å²) in [6.07, 6.45) is 1.41. The lowest BCUT2D eigenvalue weighted by atomic mass is 9.85. The molecule has 1 aliphatic heterocycles. The quantitative estimate of drug-likeness (QED) is 0.515. The van der Waals surface area contributed by atoms with Crippen LogP contribution in [0.3, 0.4) is 0 Å². The van der Waals surface area contributed by atoms with E-state index in [0.717, 1.165) is 0 Å². The number of esters is 1. The van der Waals surface area contributed by atoms with Crippen molar-refractivity contribution >= 4 is 5.97 Å². The van der Waals surface area contributed by atoms with E-state index in [4.69, 9.17) is 14.2 Å². The summed E-state index contributed by atoms with van der Waals surface area (Å²) in [5.41, 5.74) is -1.19. The fourth-order valence-electron chi connectivity index (χ4n) is 2.25. The van der Waals surface area contributed by atoms with Crippen molar-refractivity contribution in [3.05, 3.63) is 0 Å². The van der Waals surface area contributed by atoms with Crippen molar-refractivity contribution in [2.75, 3.05) is 20.8 Å². The van der Waals surface area contributed by atoms with Gasteiger partial charge in [-0.1, -0.05) is 13.8 Å². The zero-order valence-corrected chi connectivity index (χ0v) is 10.8. The SMILES string of the molecule is COCCC1(C)OC1(CC(C)C)C(=O)OC. The minimum atomic E-state index is -0.756. The summed E-state index contributed by atoms with van der Waals surface area (Å²) >= 11 is 0. The Balaban J connectivity index is 2.73. The Morgan fingerprint density at radius 3 is 2.44 bits per heavy atom. The van der Waals surface area contributed by atoms with E-state index in [1.807, 2.05) is 6.92 Å². The van der Waals surface area contributed by atoms with Crippen molar-refractivity contribution in [3.63, 3.8) is 0 Å². The Labute approximate surface area is 97.2 Å². The monoisotopic (exact) mass is 230 g/mol. The third-order valence-corrected chi connectivity index (χ3v) is 3.21. The van der Waals surface area contributed by atoms with Crippen LogP contribution >= 0.6 is 0 Å². The third kappa shape index (κ3) is 2.23. The van der Waals surface area contributed by atoms with Crippen molar-refractivity contribution in [2.24, 2.45) is 5.92 Å². The fourth-order valence-corrected chi connectivity index (χ4v) is 2.25. The molecule has 0 N–H and O–H groups in total. The molecule has 0 aliphatic carbocycles. The largest absolute Gasteiger partial charge is 0.467 e. The van der Waals surface area contributed by atoms with E-state index in [9.17, 15) is 4.79 Å². The minimum absolute atomic E-state index is 0.264. The molecule has 1 heterocycles. The van der Waals surface area contributed by atoms with Crippen LogP contribution in [0.25, 0.3) is 0 Å². The van der Waals surface area contributed by atoms with Gasteiger partial charge in [-0.2, -0.15) is 0 Å². The lowest BCUT2D eigenvalue weighted by Gasteiger charge is -2.16. The van der Waals surface area contributed by atoms with E-state index >= 15 is 0 Å². The molecule has 4 heteroatoms. The highest BCUT2D eigenvalue weighted by Crippen LogP contribution is 2.54. The molecule has 2 atom stereocenters. The topological polar surface area (TPSA) is 48.1 Å². The molecule has 1 saturated heterocycles. The van der Waals surface area contributed by atoms with Gasteiger partial charge in [0.1, 0.15) is 5.60 Å². The number of carbonyl (C=O) groups excluding carboxylic acids is 1. The molecule has 1 fully saturated rings. The van der Waals surface area contributed by atoms with Crippen molar-refractivity contribution in [1.82, 2.24) is 0 Å². The summed E-state index contributed by atoms with van der Waals surface area (Å²) < 4.78 is 15.6. The summed E-state index contributed by atoms with van der Waals surface area (Å²) in [6, 6.07) is 0. The molecular formula is C12H22O4. The second kappa shape index (κ2) is 4.72. The van der Waals surface area contributed by atoms with Crippen molar-refractivity contribution in [1.29, 1.82) is 0 Å². The molecule has 0 aromatic carbocycles. The minimum Gasteiger partial charge on any atom is -0.467 e. The number of epoxide rings is 1. The van der Waals surface area contributed by atoms with Crippen LogP contribution in [0.15, 0.2) is 0 Å². The highest BCUT2D eigenvalue weighted by Gasteiger charge is 2.72. The average molecular weight is 230 g/mol. The normalized spacial score (nSPS) is 32.9. The molecule has 0 amide bonds. The van der Waals surface area contributed by atoms with Gasteiger partial charge < -0.3 is 14.2 Å². The summed E-state index contributed by atoms with van der Waals surface area (Å²) in [6.45, 7) is 6.69. The molecule has 0 aromatic rings. The van der Waals surface area contributed by atoms with Gasteiger partial charge in [0.15, 0.2) is 5.60 Å². The summed E-state index contributed by atoms with van der Waals surface area (Å²) in [5.74, 6) is 0.128. The third-order valence-electron chi connectivity index (χ3n) is 3.21. The highest BCUT2D eigenvalue weighted by atomic mass is 16.7. The molecule has 0 aromatic heterocycles. The second-order valence-corrected chi connectivity index (χ2v) is 4.99. The zero-order chi connectivity index (χ0) is 12.4. The lowest BCUT2D eigenvalue weighted by molar-refractivity contribution is -0.147. The number of carbonyl (C=O) groups is 1. The van der Waals surface area contributed by atoms with E-state index in [0.29, 0.717) is 25.4 Å². The van der Waals surface area contributed by atoms with Crippen LogP contribution in [0.4, 0.5) is 0 Å². The van der Waals surface area contributed by atoms with E-state index < -0.39 is 11.2 Å². The van der Waals surface area contributed by atoms with Gasteiger partial charge in [0.2, 0.25) is 0 Å². The summed E-state index contributed by atoms with van der Waals surface area (Å²) in [5, 5.41) is 0. The van der Waals surface area contributed by atoms with E-state index in [-0.39, 0.29) is 5.97 Å². The van der Waals surface area contributed by atoms with Gasteiger partial charge in [-0.05, 0) is 19.3 Å². The number of hydrogen-bond acceptors (Lipinski definition) is 4. The Morgan fingerprint density at radius 1 is 1.38 bits per heavy atom. The standard InChI is InChI=1S/C12H22O4/c1-9(2)8-12(10(13)15-5)11(3,16-12)6-7-14-4/h9H,6-8H2,1-5H3. The molecule has 0 radical (unpaired) electrons. The Kier molecular flexibility index (Phi) is 3.97. The van der Waals surface area contributed by atoms with Gasteiger partial charge in [0.05, 0.1) is 7.11 Å². The molecule has 0 spiro atoms. The predicted molar refractivity (Wildman–Crippen MR) is 60.2 cm³/mol. The molecule has 94 valence electrons. The number of rotatable bonds is 6. The van der Waals surface area contributed by atoms with Crippen LogP contribution < -0.4 is 0 Å². The number of methoxy groups -OCH3 is 2. The summed E-state index contributed by atoms with van der Waals surface area (Å²) in [7, 11) is 3.05. The van der Waals surface area contributed by atoms with Crippen molar-refractivity contribution in [2.45, 2.75) is 44.8 Å². The first-order chi connectivity index (χ1) is 7.42. The maximum Gasteiger partial charge on any atom is 0.341 e. The first-order valence-electron chi connectivity index (χ1n) is 5.69. The van der Waals surface area contributed by atoms with Crippen LogP contribution in [-0.2, 0) is 19.0 Å². The molecule has 4 nitrogen and oxygen atoms in total. The average Bonchev–Trinajstić information content (AvgIpc) is 2.80. The van der Waals surface area contributed by atoms with Crippen LogP contribution in [0.2, 0.25) is 0 Å². The highest BCUT2D eigenvalue weighted by molar-refractivity contribution is 5.84. The van der Waals surface area contributed by atoms with Gasteiger partial charge in [-0.3, -0.25) is 0 Å². The summed E-state index contributed by atoms with van der Waals surface area (Å²) in [4.78, 5) is 11.8. The fraction of sp³-hybridized carbons (Fsp3) is 0.917. The van der Waals surface area contributed by atoms with Gasteiger partial charge >= 0.3 is 5.97 Å². The van der Waals surface area contributed by atoms with Gasteiger partial charge in [-0.15, -0.1) is 0 Å². The van der Waals surface area contributed by atoms with Crippen molar-refractivity contribution < 1.29 is 19.0 Å². The maximum atomic E-state index is 11.8. The maximum absolute atomic E-state index is 11.8. The van der Waals surface area contributed by atoms with Crippen molar-refractivity contribution in [3.8, 4) is 0 Å². The smallest absolute Gasteiger partial charge is 0.341 e. The first-order valence-corrected chi connectivity index (χ1v) is 5.69. The lowest BCUT2D eigenvalue weighted by Crippen LogP contribution is -2.35. The van der Waals surface area contributed by atoms with Gasteiger partial charge in [-0.25, -0.2) is 4.79 Å². The van der Waals surface area contributed by atoms with Crippen LogP contribution in [0.1, 0.15) is 33.6 Å². The number of hydrogen-bond donors (Lipinski definition) is 0. The molecule has 0 saturated carbocycles. The van der Waals surface area contributed by atoms with E-state index in [1.54, 1.807) is 7.11 Å². The Hall–Kier alpha value is -0.610. The Bertz CT molecular complexity index is 264. The van der Waals surface area contributed by atoms with Crippen LogP contribution in [0, 0.1) is 5.92 Å². The van der Waals surface area contributed by atoms with E-state index in [1.165, 1.54) is 7.11 Å². The predicted octanol–water partition coefficient (Wildman–Crippen LogP) is 1.77. The molecular weight excluding hydrogens is 208 g/mol. The molecule has 16 heavy (non-hydrogen) atoms. The molecule has 0 bridgehead atoms. The van der Waals surface area contributed by atoms with Gasteiger partial charge in [0, 0.05) is 20.1 Å². The molecule has 1 rings (SSSR count). The molecule has 2 unspecified atom stereocenters. The zero-order valence-electron chi connectivity index (χ0n) is 10.8. The van der Waals surface area contributed by atoms with Gasteiger partial charge in [0.25, 0.3) is 0 Å². The second-order valence-electron chi connectivity index (χ2n) is 4.99. The Morgan fingerprint density at radius 2 is 2.00 bits per heavy atom. The van der Waals surface area contributed by atoms with E-state index in [2.05, 4.69) is 13.8 Å². The van der Waals surface area contributed by atoms with Crippen LogP contribution in [-0.4, -0.2) is 38.0 Å². The number of ether oxygens (including phenoxy) is 3. The first kappa shape index (κ1) is 13.5. The van der Waals surface area contributed by atoms with Crippen LogP contribution in [0.5, 0.6) is 0 Å².